The van der Waals surface area contributed by atoms with Crippen molar-refractivity contribution in [2.75, 3.05) is 0 Å². The zero-order valence-corrected chi connectivity index (χ0v) is 8.54. The highest BCUT2D eigenvalue weighted by molar-refractivity contribution is 5.00. The van der Waals surface area contributed by atoms with Gasteiger partial charge in [-0.25, -0.2) is 0 Å². The summed E-state index contributed by atoms with van der Waals surface area (Å²) >= 11 is 0. The van der Waals surface area contributed by atoms with Crippen LogP contribution < -0.4 is 0 Å². The standard InChI is InChI=1S/C13H21/c1-3-7-12-10(5-1)9-11-6-2-4-8-13(11)12/h5,10-13H,1-4,6-9H2. The van der Waals surface area contributed by atoms with Crippen LogP contribution in [0.3, 0.4) is 0 Å². The minimum absolute atomic E-state index is 1.04. The van der Waals surface area contributed by atoms with E-state index in [-0.39, 0.29) is 0 Å². The molecular weight excluding hydrogens is 156 g/mol. The normalized spacial score (nSPS) is 49.8. The lowest BCUT2D eigenvalue weighted by molar-refractivity contribution is 0.201. The lowest BCUT2D eigenvalue weighted by Gasteiger charge is -2.32. The van der Waals surface area contributed by atoms with Gasteiger partial charge in [-0.15, -0.1) is 0 Å². The van der Waals surface area contributed by atoms with Gasteiger partial charge in [0.15, 0.2) is 0 Å². The van der Waals surface area contributed by atoms with Gasteiger partial charge in [-0.1, -0.05) is 25.7 Å². The van der Waals surface area contributed by atoms with Gasteiger partial charge in [0.2, 0.25) is 0 Å². The molecule has 0 heterocycles. The molecule has 0 bridgehead atoms. The third kappa shape index (κ3) is 1.33. The fourth-order valence-electron chi connectivity index (χ4n) is 4.32. The van der Waals surface area contributed by atoms with E-state index in [4.69, 9.17) is 0 Å². The monoisotopic (exact) mass is 177 g/mol. The molecule has 0 nitrogen and oxygen atoms in total. The summed E-state index contributed by atoms with van der Waals surface area (Å²) in [7, 11) is 0. The quantitative estimate of drug-likeness (QED) is 0.527. The van der Waals surface area contributed by atoms with Crippen LogP contribution in [0.1, 0.15) is 51.4 Å². The lowest BCUT2D eigenvalue weighted by atomic mass is 9.73. The molecule has 4 atom stereocenters. The van der Waals surface area contributed by atoms with Gasteiger partial charge in [0, 0.05) is 0 Å². The van der Waals surface area contributed by atoms with Crippen molar-refractivity contribution >= 4 is 0 Å². The number of hydrogen-bond donors (Lipinski definition) is 0. The molecular formula is C13H21. The third-order valence-corrected chi connectivity index (χ3v) is 4.85. The minimum atomic E-state index is 1.04. The van der Waals surface area contributed by atoms with E-state index in [1.165, 1.54) is 25.7 Å². The van der Waals surface area contributed by atoms with Crippen LogP contribution in [-0.2, 0) is 0 Å². The van der Waals surface area contributed by atoms with Crippen molar-refractivity contribution in [1.29, 1.82) is 0 Å². The third-order valence-electron chi connectivity index (χ3n) is 4.85. The van der Waals surface area contributed by atoms with Crippen molar-refractivity contribution in [2.24, 2.45) is 23.7 Å². The van der Waals surface area contributed by atoms with E-state index in [0.717, 1.165) is 23.7 Å². The Morgan fingerprint density at radius 1 is 0.846 bits per heavy atom. The first kappa shape index (κ1) is 8.32. The second-order valence-corrected chi connectivity index (χ2v) is 5.44. The summed E-state index contributed by atoms with van der Waals surface area (Å²) in [5.74, 6) is 4.45. The summed E-state index contributed by atoms with van der Waals surface area (Å²) in [5, 5.41) is 0. The maximum atomic E-state index is 2.66. The van der Waals surface area contributed by atoms with Crippen LogP contribution in [0.4, 0.5) is 0 Å². The molecule has 3 aliphatic rings. The molecule has 1 radical (unpaired) electrons. The summed E-state index contributed by atoms with van der Waals surface area (Å²) in [6, 6.07) is 0. The van der Waals surface area contributed by atoms with E-state index in [1.807, 2.05) is 0 Å². The average molecular weight is 177 g/mol. The predicted octanol–water partition coefficient (Wildman–Crippen LogP) is 3.82. The highest BCUT2D eigenvalue weighted by atomic mass is 14.5. The van der Waals surface area contributed by atoms with Crippen LogP contribution in [0.15, 0.2) is 0 Å². The van der Waals surface area contributed by atoms with Crippen LogP contribution >= 0.6 is 0 Å². The molecule has 3 aliphatic carbocycles. The summed E-state index contributed by atoms with van der Waals surface area (Å²) in [5.41, 5.74) is 0. The van der Waals surface area contributed by atoms with Crippen molar-refractivity contribution in [2.45, 2.75) is 51.4 Å². The molecule has 3 saturated carbocycles. The Balaban J connectivity index is 1.76. The first-order chi connectivity index (χ1) is 6.45. The Kier molecular flexibility index (Phi) is 2.11. The van der Waals surface area contributed by atoms with Gasteiger partial charge in [-0.3, -0.25) is 0 Å². The van der Waals surface area contributed by atoms with E-state index in [0.29, 0.717) is 0 Å². The molecule has 0 N–H and O–H groups in total. The van der Waals surface area contributed by atoms with Crippen molar-refractivity contribution in [1.82, 2.24) is 0 Å². The zero-order valence-electron chi connectivity index (χ0n) is 8.54. The second kappa shape index (κ2) is 3.29. The molecule has 73 valence electrons. The SMILES string of the molecule is [CH]1CCCC2C1CC1CCCCC12. The van der Waals surface area contributed by atoms with Gasteiger partial charge in [0.25, 0.3) is 0 Å². The molecule has 0 saturated heterocycles. The van der Waals surface area contributed by atoms with E-state index < -0.39 is 0 Å². The van der Waals surface area contributed by atoms with Gasteiger partial charge in [-0.05, 0) is 55.8 Å². The molecule has 0 heteroatoms. The van der Waals surface area contributed by atoms with Crippen molar-refractivity contribution in [3.63, 3.8) is 0 Å². The molecule has 0 spiro atoms. The van der Waals surface area contributed by atoms with Crippen LogP contribution in [0.2, 0.25) is 0 Å². The maximum Gasteiger partial charge on any atom is -0.0349 e. The average Bonchev–Trinajstić information content (AvgIpc) is 2.56. The van der Waals surface area contributed by atoms with Crippen LogP contribution in [0, 0.1) is 30.1 Å². The summed E-state index contributed by atoms with van der Waals surface area (Å²) in [6.45, 7) is 0. The van der Waals surface area contributed by atoms with Gasteiger partial charge >= 0.3 is 0 Å². The van der Waals surface area contributed by atoms with Gasteiger partial charge < -0.3 is 0 Å². The van der Waals surface area contributed by atoms with Crippen LogP contribution in [0.25, 0.3) is 0 Å². The Bertz CT molecular complexity index is 164. The molecule has 13 heavy (non-hydrogen) atoms. The Morgan fingerprint density at radius 3 is 2.69 bits per heavy atom. The first-order valence-corrected chi connectivity index (χ1v) is 6.28. The summed E-state index contributed by atoms with van der Waals surface area (Å²) in [4.78, 5) is 0. The smallest absolute Gasteiger partial charge is 0.0349 e. The molecule has 4 unspecified atom stereocenters. The molecule has 0 amide bonds. The topological polar surface area (TPSA) is 0 Å². The summed E-state index contributed by atoms with van der Waals surface area (Å²) < 4.78 is 0. The van der Waals surface area contributed by atoms with Gasteiger partial charge in [0.05, 0.1) is 0 Å². The van der Waals surface area contributed by atoms with Crippen molar-refractivity contribution in [3.05, 3.63) is 6.42 Å². The van der Waals surface area contributed by atoms with Crippen LogP contribution in [0.5, 0.6) is 0 Å². The Morgan fingerprint density at radius 2 is 1.69 bits per heavy atom. The van der Waals surface area contributed by atoms with Crippen molar-refractivity contribution < 1.29 is 0 Å². The van der Waals surface area contributed by atoms with Gasteiger partial charge in [0.1, 0.15) is 0 Å². The fraction of sp³-hybridized carbons (Fsp3) is 0.923. The molecule has 3 rings (SSSR count). The minimum Gasteiger partial charge on any atom is -0.0530 e. The highest BCUT2D eigenvalue weighted by Gasteiger charge is 2.44. The van der Waals surface area contributed by atoms with E-state index >= 15 is 0 Å². The highest BCUT2D eigenvalue weighted by Crippen LogP contribution is 2.53. The van der Waals surface area contributed by atoms with E-state index in [2.05, 4.69) is 6.42 Å². The van der Waals surface area contributed by atoms with Crippen LogP contribution in [-0.4, -0.2) is 0 Å². The Labute approximate surface area is 82.1 Å². The molecule has 0 aromatic rings. The second-order valence-electron chi connectivity index (χ2n) is 5.44. The van der Waals surface area contributed by atoms with E-state index in [9.17, 15) is 0 Å². The maximum absolute atomic E-state index is 2.66. The number of fused-ring (bicyclic) bond motifs is 3. The Hall–Kier alpha value is 0. The first-order valence-electron chi connectivity index (χ1n) is 6.28. The molecule has 0 aromatic carbocycles. The lowest BCUT2D eigenvalue weighted by Crippen LogP contribution is -2.22. The molecule has 0 aromatic heterocycles. The summed E-state index contributed by atoms with van der Waals surface area (Å²) in [6.07, 6.45) is 14.9. The largest absolute Gasteiger partial charge is 0.0530 e. The van der Waals surface area contributed by atoms with Gasteiger partial charge in [-0.2, -0.15) is 0 Å². The molecule has 0 aliphatic heterocycles. The fourth-order valence-corrected chi connectivity index (χ4v) is 4.32. The van der Waals surface area contributed by atoms with E-state index in [1.54, 1.807) is 25.7 Å². The van der Waals surface area contributed by atoms with Crippen molar-refractivity contribution in [3.8, 4) is 0 Å². The number of hydrogen-bond acceptors (Lipinski definition) is 0. The number of rotatable bonds is 0. The molecule has 3 fully saturated rings. The predicted molar refractivity (Wildman–Crippen MR) is 55.2 cm³/mol. The zero-order chi connectivity index (χ0) is 8.67.